The molecule has 0 bridgehead atoms. The van der Waals surface area contributed by atoms with Gasteiger partial charge in [0.25, 0.3) is 0 Å². The molecule has 1 heterocycles. The van der Waals surface area contributed by atoms with Crippen LogP contribution in [0.4, 0.5) is 8.78 Å². The van der Waals surface area contributed by atoms with Crippen LogP contribution < -0.4 is 10.1 Å². The Morgan fingerprint density at radius 1 is 1.35 bits per heavy atom. The Kier molecular flexibility index (Phi) is 4.04. The minimum Gasteiger partial charge on any atom is -0.493 e. The van der Waals surface area contributed by atoms with Gasteiger partial charge in [0.2, 0.25) is 0 Å². The maximum atomic E-state index is 14.3. The molecule has 1 atom stereocenters. The Morgan fingerprint density at radius 3 is 2.65 bits per heavy atom. The molecule has 0 saturated carbocycles. The number of methoxy groups -OCH3 is 1. The van der Waals surface area contributed by atoms with E-state index in [2.05, 4.69) is 10.4 Å². The zero-order chi connectivity index (χ0) is 14.9. The second kappa shape index (κ2) is 5.58. The molecule has 1 aromatic carbocycles. The lowest BCUT2D eigenvalue weighted by Gasteiger charge is -2.20. The number of halogens is 2. The standard InChI is InChI=1S/C14H17F2N3O/c1-8-5-6-9(15)11(12(8)16)13(17-2)14-10(20-4)7-18-19(14)3/h5-7,13,17H,1-4H3. The SMILES string of the molecule is CNC(c1c(F)ccc(C)c1F)c1c(OC)cnn1C. The third-order valence-electron chi connectivity index (χ3n) is 3.34. The summed E-state index contributed by atoms with van der Waals surface area (Å²) >= 11 is 0. The Bertz CT molecular complexity index is 625. The number of nitrogens with one attached hydrogen (secondary N) is 1. The van der Waals surface area contributed by atoms with Crippen molar-refractivity contribution in [3.63, 3.8) is 0 Å². The van der Waals surface area contributed by atoms with Gasteiger partial charge >= 0.3 is 0 Å². The molecule has 0 saturated heterocycles. The highest BCUT2D eigenvalue weighted by molar-refractivity contribution is 5.39. The zero-order valence-corrected chi connectivity index (χ0v) is 11.9. The molecule has 1 unspecified atom stereocenters. The van der Waals surface area contributed by atoms with Gasteiger partial charge in [0.05, 0.1) is 19.3 Å². The Labute approximate surface area is 116 Å². The van der Waals surface area contributed by atoms with E-state index in [1.165, 1.54) is 25.4 Å². The lowest BCUT2D eigenvalue weighted by atomic mass is 9.99. The summed E-state index contributed by atoms with van der Waals surface area (Å²) in [7, 11) is 4.84. The predicted octanol–water partition coefficient (Wildman–Crippen LogP) is 2.32. The van der Waals surface area contributed by atoms with Crippen LogP contribution in [0, 0.1) is 18.6 Å². The first kappa shape index (κ1) is 14.5. The van der Waals surface area contributed by atoms with Crippen LogP contribution in [0.1, 0.15) is 22.9 Å². The van der Waals surface area contributed by atoms with Gasteiger partial charge in [0, 0.05) is 12.6 Å². The van der Waals surface area contributed by atoms with Crippen molar-refractivity contribution in [1.82, 2.24) is 15.1 Å². The molecule has 0 spiro atoms. The first-order chi connectivity index (χ1) is 9.51. The van der Waals surface area contributed by atoms with Crippen molar-refractivity contribution in [3.05, 3.63) is 46.8 Å². The minimum absolute atomic E-state index is 0.0330. The summed E-state index contributed by atoms with van der Waals surface area (Å²) in [4.78, 5) is 0. The molecule has 0 amide bonds. The van der Waals surface area contributed by atoms with Crippen LogP contribution in [0.25, 0.3) is 0 Å². The van der Waals surface area contributed by atoms with Crippen molar-refractivity contribution in [3.8, 4) is 5.75 Å². The van der Waals surface area contributed by atoms with E-state index in [4.69, 9.17) is 4.74 Å². The summed E-state index contributed by atoms with van der Waals surface area (Å²) in [6.45, 7) is 1.60. The smallest absolute Gasteiger partial charge is 0.161 e. The third-order valence-corrected chi connectivity index (χ3v) is 3.34. The van der Waals surface area contributed by atoms with Crippen molar-refractivity contribution >= 4 is 0 Å². The van der Waals surface area contributed by atoms with Crippen LogP contribution in [0.15, 0.2) is 18.3 Å². The zero-order valence-electron chi connectivity index (χ0n) is 11.9. The fourth-order valence-electron chi connectivity index (χ4n) is 2.27. The number of hydrogen-bond donors (Lipinski definition) is 1. The minimum atomic E-state index is -0.683. The van der Waals surface area contributed by atoms with Crippen molar-refractivity contribution in [1.29, 1.82) is 0 Å². The van der Waals surface area contributed by atoms with E-state index in [1.54, 1.807) is 25.7 Å². The first-order valence-corrected chi connectivity index (χ1v) is 6.18. The largest absolute Gasteiger partial charge is 0.493 e. The van der Waals surface area contributed by atoms with Gasteiger partial charge in [-0.05, 0) is 25.6 Å². The Balaban J connectivity index is 2.64. The molecule has 0 radical (unpaired) electrons. The maximum absolute atomic E-state index is 14.3. The highest BCUT2D eigenvalue weighted by atomic mass is 19.1. The summed E-state index contributed by atoms with van der Waals surface area (Å²) in [5, 5.41) is 6.99. The van der Waals surface area contributed by atoms with Gasteiger partial charge in [-0.2, -0.15) is 5.10 Å². The molecular formula is C14H17F2N3O. The summed E-state index contributed by atoms with van der Waals surface area (Å²) < 4.78 is 35.1. The number of nitrogens with zero attached hydrogens (tertiary/aromatic N) is 2. The van der Waals surface area contributed by atoms with Gasteiger partial charge < -0.3 is 10.1 Å². The van der Waals surface area contributed by atoms with Crippen molar-refractivity contribution in [2.75, 3.05) is 14.2 Å². The number of ether oxygens (including phenoxy) is 1. The highest BCUT2D eigenvalue weighted by Crippen LogP contribution is 2.32. The molecule has 4 nitrogen and oxygen atoms in total. The molecule has 108 valence electrons. The Morgan fingerprint density at radius 2 is 2.05 bits per heavy atom. The molecule has 0 fully saturated rings. The first-order valence-electron chi connectivity index (χ1n) is 6.18. The quantitative estimate of drug-likeness (QED) is 0.935. The van der Waals surface area contributed by atoms with Crippen molar-refractivity contribution in [2.24, 2.45) is 7.05 Å². The monoisotopic (exact) mass is 281 g/mol. The normalized spacial score (nSPS) is 12.5. The van der Waals surface area contributed by atoms with Crippen molar-refractivity contribution < 1.29 is 13.5 Å². The van der Waals surface area contributed by atoms with Crippen molar-refractivity contribution in [2.45, 2.75) is 13.0 Å². The van der Waals surface area contributed by atoms with Crippen LogP contribution in [-0.2, 0) is 7.05 Å². The molecule has 0 aliphatic carbocycles. The molecule has 2 aromatic rings. The van der Waals surface area contributed by atoms with E-state index >= 15 is 0 Å². The van der Waals surface area contributed by atoms with Gasteiger partial charge in [-0.25, -0.2) is 8.78 Å². The lowest BCUT2D eigenvalue weighted by Crippen LogP contribution is -2.24. The van der Waals surface area contributed by atoms with Gasteiger partial charge in [0.15, 0.2) is 5.75 Å². The third kappa shape index (κ3) is 2.27. The summed E-state index contributed by atoms with van der Waals surface area (Å²) in [5.74, 6) is -0.685. The second-order valence-corrected chi connectivity index (χ2v) is 4.54. The van der Waals surface area contributed by atoms with Crippen LogP contribution >= 0.6 is 0 Å². The summed E-state index contributed by atoms with van der Waals surface area (Å²) in [6, 6.07) is 2.00. The molecule has 0 aliphatic heterocycles. The maximum Gasteiger partial charge on any atom is 0.161 e. The highest BCUT2D eigenvalue weighted by Gasteiger charge is 2.27. The predicted molar refractivity (Wildman–Crippen MR) is 71.8 cm³/mol. The molecule has 6 heteroatoms. The average Bonchev–Trinajstić information content (AvgIpc) is 2.80. The number of benzene rings is 1. The number of hydrogen-bond acceptors (Lipinski definition) is 3. The van der Waals surface area contributed by atoms with Gasteiger partial charge in [-0.3, -0.25) is 4.68 Å². The van der Waals surface area contributed by atoms with Crippen LogP contribution in [0.5, 0.6) is 5.75 Å². The van der Waals surface area contributed by atoms with Gasteiger partial charge in [-0.1, -0.05) is 6.07 Å². The van der Waals surface area contributed by atoms with Gasteiger partial charge in [-0.15, -0.1) is 0 Å². The van der Waals surface area contributed by atoms with E-state index < -0.39 is 17.7 Å². The topological polar surface area (TPSA) is 39.1 Å². The van der Waals surface area contributed by atoms with E-state index in [0.717, 1.165) is 0 Å². The Hall–Kier alpha value is -1.95. The fourth-order valence-corrected chi connectivity index (χ4v) is 2.27. The van der Waals surface area contributed by atoms with E-state index in [1.807, 2.05) is 0 Å². The van der Waals surface area contributed by atoms with Crippen LogP contribution in [0.2, 0.25) is 0 Å². The lowest BCUT2D eigenvalue weighted by molar-refractivity contribution is 0.399. The number of rotatable bonds is 4. The van der Waals surface area contributed by atoms with Gasteiger partial charge in [0.1, 0.15) is 17.3 Å². The molecule has 20 heavy (non-hydrogen) atoms. The number of aryl methyl sites for hydroxylation is 2. The fraction of sp³-hybridized carbons (Fsp3) is 0.357. The summed E-state index contributed by atoms with van der Waals surface area (Å²) in [6.07, 6.45) is 1.52. The molecule has 2 rings (SSSR count). The average molecular weight is 281 g/mol. The molecular weight excluding hydrogens is 264 g/mol. The second-order valence-electron chi connectivity index (χ2n) is 4.54. The summed E-state index contributed by atoms with van der Waals surface area (Å²) in [5.41, 5.74) is 0.926. The molecule has 1 N–H and O–H groups in total. The number of aromatic nitrogens is 2. The molecule has 0 aliphatic rings. The molecule has 1 aromatic heterocycles. The van der Waals surface area contributed by atoms with Crippen LogP contribution in [-0.4, -0.2) is 23.9 Å². The van der Waals surface area contributed by atoms with E-state index in [-0.39, 0.29) is 5.56 Å². The van der Waals surface area contributed by atoms with Crippen LogP contribution in [0.3, 0.4) is 0 Å². The van der Waals surface area contributed by atoms with E-state index in [9.17, 15) is 8.78 Å². The van der Waals surface area contributed by atoms with E-state index in [0.29, 0.717) is 17.0 Å².